The molecule has 0 spiro atoms. The van der Waals surface area contributed by atoms with E-state index < -0.39 is 33.4 Å². The number of aliphatic carboxylic acids is 1. The average Bonchev–Trinajstić information content (AvgIpc) is 2.84. The maximum Gasteiger partial charge on any atom is 0.331 e. The van der Waals surface area contributed by atoms with Crippen molar-refractivity contribution in [2.75, 3.05) is 0 Å². The Morgan fingerprint density at radius 3 is 2.12 bits per heavy atom. The first-order valence-corrected chi connectivity index (χ1v) is 12.4. The van der Waals surface area contributed by atoms with E-state index in [0.717, 1.165) is 17.4 Å². The largest absolute Gasteiger partial charge is 0.478 e. The molecule has 0 bridgehead atoms. The molecule has 0 heterocycles. The molecule has 4 rings (SSSR count). The van der Waals surface area contributed by atoms with Crippen LogP contribution in [0.1, 0.15) is 29.0 Å². The van der Waals surface area contributed by atoms with Crippen molar-refractivity contribution >= 4 is 22.3 Å². The molecule has 0 saturated carbocycles. The quantitative estimate of drug-likeness (QED) is 0.499. The number of aryl methyl sites for hydroxylation is 1. The average molecular weight is 476 g/mol. The van der Waals surface area contributed by atoms with Crippen molar-refractivity contribution in [1.82, 2.24) is 4.72 Å². The Bertz CT molecular complexity index is 1320. The van der Waals surface area contributed by atoms with Gasteiger partial charge >= 0.3 is 5.97 Å². The molecule has 7 heteroatoms. The predicted octanol–water partition coefficient (Wildman–Crippen LogP) is 4.18. The summed E-state index contributed by atoms with van der Waals surface area (Å²) in [6, 6.07) is 24.1. The van der Waals surface area contributed by atoms with E-state index in [0.29, 0.717) is 5.56 Å². The van der Waals surface area contributed by atoms with E-state index in [-0.39, 0.29) is 16.9 Å². The standard InChI is InChI=1S/C27H25NO5S/c1-19-12-14-23(15-13-19)34(32,33)28-27(22-10-6-3-7-11-22)17-21(26(30)31)16-24(25(27)18-29)20-8-4-2-5-9-20/h2-15,17-18,24-25,28H,16H2,1H3,(H,30,31)/t24-,25-,27-/m1/s1. The van der Waals surface area contributed by atoms with Crippen molar-refractivity contribution in [2.24, 2.45) is 5.92 Å². The van der Waals surface area contributed by atoms with Crippen molar-refractivity contribution in [3.05, 3.63) is 113 Å². The second-order valence-electron chi connectivity index (χ2n) is 8.51. The Kier molecular flexibility index (Phi) is 6.50. The number of hydrogen-bond acceptors (Lipinski definition) is 4. The lowest BCUT2D eigenvalue weighted by molar-refractivity contribution is -0.133. The molecule has 3 atom stereocenters. The van der Waals surface area contributed by atoms with Crippen LogP contribution >= 0.6 is 0 Å². The third kappa shape index (κ3) is 4.44. The number of sulfonamides is 1. The number of nitrogens with one attached hydrogen (secondary N) is 1. The number of rotatable bonds is 7. The Hall–Kier alpha value is -3.55. The summed E-state index contributed by atoms with van der Waals surface area (Å²) in [6.07, 6.45) is 2.23. The van der Waals surface area contributed by atoms with Gasteiger partial charge in [0.05, 0.1) is 10.4 Å². The highest BCUT2D eigenvalue weighted by Gasteiger charge is 2.50. The molecule has 1 aliphatic rings. The first-order valence-electron chi connectivity index (χ1n) is 10.9. The molecule has 0 aromatic heterocycles. The minimum Gasteiger partial charge on any atom is -0.478 e. The number of carbonyl (C=O) groups excluding carboxylic acids is 1. The van der Waals surface area contributed by atoms with Crippen LogP contribution in [0.3, 0.4) is 0 Å². The van der Waals surface area contributed by atoms with Crippen LogP contribution in [0.4, 0.5) is 0 Å². The van der Waals surface area contributed by atoms with Gasteiger partial charge in [-0.15, -0.1) is 0 Å². The lowest BCUT2D eigenvalue weighted by atomic mass is 9.64. The fourth-order valence-electron chi connectivity index (χ4n) is 4.63. The highest BCUT2D eigenvalue weighted by molar-refractivity contribution is 7.89. The van der Waals surface area contributed by atoms with Crippen molar-refractivity contribution < 1.29 is 23.1 Å². The second kappa shape index (κ2) is 9.37. The number of benzene rings is 3. The molecule has 0 aliphatic heterocycles. The molecular weight excluding hydrogens is 450 g/mol. The van der Waals surface area contributed by atoms with Gasteiger partial charge in [-0.2, -0.15) is 4.72 Å². The van der Waals surface area contributed by atoms with Gasteiger partial charge < -0.3 is 9.90 Å². The van der Waals surface area contributed by atoms with Crippen molar-refractivity contribution in [3.8, 4) is 0 Å². The van der Waals surface area contributed by atoms with Crippen LogP contribution < -0.4 is 4.72 Å². The fraction of sp³-hybridized carbons (Fsp3) is 0.185. The smallest absolute Gasteiger partial charge is 0.331 e. The normalized spacial score (nSPS) is 22.6. The minimum absolute atomic E-state index is 0.0326. The van der Waals surface area contributed by atoms with Gasteiger partial charge in [-0.3, -0.25) is 0 Å². The van der Waals surface area contributed by atoms with E-state index in [4.69, 9.17) is 0 Å². The molecule has 0 saturated heterocycles. The molecule has 0 unspecified atom stereocenters. The molecule has 3 aromatic rings. The van der Waals surface area contributed by atoms with Gasteiger partial charge in [0.1, 0.15) is 6.29 Å². The van der Waals surface area contributed by atoms with E-state index in [1.165, 1.54) is 18.2 Å². The zero-order valence-corrected chi connectivity index (χ0v) is 19.4. The number of aldehydes is 1. The van der Waals surface area contributed by atoms with Gasteiger partial charge in [0.15, 0.2) is 0 Å². The number of carboxylic acid groups (broad SMARTS) is 1. The van der Waals surface area contributed by atoms with Crippen LogP contribution in [0.2, 0.25) is 0 Å². The molecule has 34 heavy (non-hydrogen) atoms. The fourth-order valence-corrected chi connectivity index (χ4v) is 6.00. The van der Waals surface area contributed by atoms with Gasteiger partial charge in [-0.05, 0) is 42.7 Å². The molecule has 0 amide bonds. The minimum atomic E-state index is -4.13. The molecule has 0 radical (unpaired) electrons. The zero-order valence-electron chi connectivity index (χ0n) is 18.6. The lowest BCUT2D eigenvalue weighted by Crippen LogP contribution is -2.54. The molecule has 3 aromatic carbocycles. The molecule has 6 nitrogen and oxygen atoms in total. The highest BCUT2D eigenvalue weighted by Crippen LogP contribution is 2.47. The molecular formula is C27H25NO5S. The first-order chi connectivity index (χ1) is 16.3. The maximum absolute atomic E-state index is 13.6. The Balaban J connectivity index is 1.96. The zero-order chi connectivity index (χ0) is 24.3. The topological polar surface area (TPSA) is 101 Å². The highest BCUT2D eigenvalue weighted by atomic mass is 32.2. The summed E-state index contributed by atoms with van der Waals surface area (Å²) in [7, 11) is -4.13. The van der Waals surface area contributed by atoms with Crippen LogP contribution in [0.25, 0.3) is 0 Å². The van der Waals surface area contributed by atoms with Crippen LogP contribution in [-0.2, 0) is 25.2 Å². The van der Waals surface area contributed by atoms with Crippen molar-refractivity contribution in [2.45, 2.75) is 29.7 Å². The van der Waals surface area contributed by atoms with Gasteiger partial charge in [-0.1, -0.05) is 78.4 Å². The van der Waals surface area contributed by atoms with Crippen LogP contribution in [0.5, 0.6) is 0 Å². The van der Waals surface area contributed by atoms with Crippen LogP contribution in [-0.4, -0.2) is 25.8 Å². The lowest BCUT2D eigenvalue weighted by Gasteiger charge is -2.44. The van der Waals surface area contributed by atoms with Gasteiger partial charge in [0.25, 0.3) is 0 Å². The second-order valence-corrected chi connectivity index (χ2v) is 10.2. The van der Waals surface area contributed by atoms with E-state index >= 15 is 0 Å². The summed E-state index contributed by atoms with van der Waals surface area (Å²) in [5.41, 5.74) is 0.599. The van der Waals surface area contributed by atoms with E-state index in [1.807, 2.05) is 37.3 Å². The van der Waals surface area contributed by atoms with Gasteiger partial charge in [-0.25, -0.2) is 13.2 Å². The molecule has 0 fully saturated rings. The van der Waals surface area contributed by atoms with E-state index in [2.05, 4.69) is 4.72 Å². The summed E-state index contributed by atoms with van der Waals surface area (Å²) < 4.78 is 29.9. The van der Waals surface area contributed by atoms with Gasteiger partial charge in [0.2, 0.25) is 10.0 Å². The van der Waals surface area contributed by atoms with E-state index in [9.17, 15) is 23.1 Å². The summed E-state index contributed by atoms with van der Waals surface area (Å²) in [6.45, 7) is 1.85. The van der Waals surface area contributed by atoms with Crippen LogP contribution in [0, 0.1) is 12.8 Å². The number of carboxylic acids is 1. The molecule has 1 aliphatic carbocycles. The van der Waals surface area contributed by atoms with Crippen LogP contribution in [0.15, 0.2) is 101 Å². The number of hydrogen-bond donors (Lipinski definition) is 2. The molecule has 2 N–H and O–H groups in total. The van der Waals surface area contributed by atoms with Crippen molar-refractivity contribution in [3.63, 3.8) is 0 Å². The Morgan fingerprint density at radius 2 is 1.56 bits per heavy atom. The summed E-state index contributed by atoms with van der Waals surface area (Å²) in [5.74, 6) is -2.59. The SMILES string of the molecule is Cc1ccc(S(=O)(=O)N[C@@]2(c3ccccc3)C=C(C(=O)O)C[C@H](c3ccccc3)[C@H]2C=O)cc1. The first kappa shape index (κ1) is 23.6. The maximum atomic E-state index is 13.6. The summed E-state index contributed by atoms with van der Waals surface area (Å²) in [5, 5.41) is 9.95. The summed E-state index contributed by atoms with van der Waals surface area (Å²) >= 11 is 0. The predicted molar refractivity (Wildman–Crippen MR) is 129 cm³/mol. The molecule has 174 valence electrons. The summed E-state index contributed by atoms with van der Waals surface area (Å²) in [4.78, 5) is 24.9. The Morgan fingerprint density at radius 1 is 0.971 bits per heavy atom. The third-order valence-corrected chi connectivity index (χ3v) is 7.84. The van der Waals surface area contributed by atoms with Crippen molar-refractivity contribution in [1.29, 1.82) is 0 Å². The monoisotopic (exact) mass is 475 g/mol. The Labute approximate surface area is 199 Å². The van der Waals surface area contributed by atoms with Gasteiger partial charge in [0, 0.05) is 17.4 Å². The van der Waals surface area contributed by atoms with E-state index in [1.54, 1.807) is 42.5 Å². The third-order valence-electron chi connectivity index (χ3n) is 6.34. The number of carbonyl (C=O) groups is 2.